The van der Waals surface area contributed by atoms with Crippen LogP contribution in [0.4, 0.5) is 0 Å². The second-order valence-electron chi connectivity index (χ2n) is 5.19. The molecule has 1 atom stereocenters. The van der Waals surface area contributed by atoms with Crippen LogP contribution < -0.4 is 18.9 Å². The van der Waals surface area contributed by atoms with E-state index in [0.717, 1.165) is 11.1 Å². The van der Waals surface area contributed by atoms with E-state index in [0.29, 0.717) is 29.4 Å². The fraction of sp³-hybridized carbons (Fsp3) is 0.316. The third-order valence-electron chi connectivity index (χ3n) is 3.85. The molecule has 0 saturated heterocycles. The van der Waals surface area contributed by atoms with Crippen LogP contribution in [0.5, 0.6) is 23.0 Å². The third kappa shape index (κ3) is 3.72. The summed E-state index contributed by atoms with van der Waals surface area (Å²) in [6, 6.07) is 13.6. The molecule has 5 heteroatoms. The maximum absolute atomic E-state index is 9.58. The van der Waals surface area contributed by atoms with Crippen molar-refractivity contribution >= 4 is 0 Å². The smallest absolute Gasteiger partial charge is 0.161 e. The molecule has 0 amide bonds. The van der Waals surface area contributed by atoms with Crippen molar-refractivity contribution in [2.45, 2.75) is 12.3 Å². The lowest BCUT2D eigenvalue weighted by molar-refractivity contribution is 0.354. The molecule has 0 saturated carbocycles. The Morgan fingerprint density at radius 3 is 1.88 bits per heavy atom. The maximum Gasteiger partial charge on any atom is 0.161 e. The Kier molecular flexibility index (Phi) is 5.91. The number of rotatable bonds is 7. The average molecular weight is 327 g/mol. The van der Waals surface area contributed by atoms with Gasteiger partial charge in [-0.05, 0) is 41.8 Å². The van der Waals surface area contributed by atoms with Gasteiger partial charge in [-0.3, -0.25) is 0 Å². The topological polar surface area (TPSA) is 60.7 Å². The molecule has 0 bridgehead atoms. The van der Waals surface area contributed by atoms with Crippen molar-refractivity contribution in [3.63, 3.8) is 0 Å². The highest BCUT2D eigenvalue weighted by Gasteiger charge is 2.16. The molecule has 0 N–H and O–H groups in total. The summed E-state index contributed by atoms with van der Waals surface area (Å²) in [5, 5.41) is 9.58. The van der Waals surface area contributed by atoms with Gasteiger partial charge in [0.2, 0.25) is 0 Å². The van der Waals surface area contributed by atoms with Crippen molar-refractivity contribution in [3.8, 4) is 29.1 Å². The zero-order valence-electron chi connectivity index (χ0n) is 14.3. The quantitative estimate of drug-likeness (QED) is 0.778. The Morgan fingerprint density at radius 1 is 0.792 bits per heavy atom. The Labute approximate surface area is 142 Å². The van der Waals surface area contributed by atoms with E-state index in [1.165, 1.54) is 0 Å². The standard InChI is InChI=1S/C19H21NO4/c1-21-16-7-5-13(10-18(16)23-3)9-15(12-20)14-6-8-17(22-2)19(11-14)24-4/h5-8,10-11,15H,9H2,1-4H3. The summed E-state index contributed by atoms with van der Waals surface area (Å²) in [5.41, 5.74) is 1.87. The minimum absolute atomic E-state index is 0.303. The van der Waals surface area contributed by atoms with Gasteiger partial charge in [0.05, 0.1) is 40.4 Å². The molecular weight excluding hydrogens is 306 g/mol. The van der Waals surface area contributed by atoms with Gasteiger partial charge in [0, 0.05) is 0 Å². The monoisotopic (exact) mass is 327 g/mol. The second-order valence-corrected chi connectivity index (χ2v) is 5.19. The molecule has 0 aliphatic heterocycles. The van der Waals surface area contributed by atoms with Gasteiger partial charge in [0.1, 0.15) is 0 Å². The molecule has 5 nitrogen and oxygen atoms in total. The van der Waals surface area contributed by atoms with Gasteiger partial charge in [-0.15, -0.1) is 0 Å². The van der Waals surface area contributed by atoms with E-state index in [9.17, 15) is 5.26 Å². The van der Waals surface area contributed by atoms with E-state index >= 15 is 0 Å². The molecule has 0 aromatic heterocycles. The molecule has 0 fully saturated rings. The number of hydrogen-bond donors (Lipinski definition) is 0. The minimum Gasteiger partial charge on any atom is -0.493 e. The van der Waals surface area contributed by atoms with Gasteiger partial charge in [0.15, 0.2) is 23.0 Å². The summed E-state index contributed by atoms with van der Waals surface area (Å²) in [6.45, 7) is 0. The van der Waals surface area contributed by atoms with Gasteiger partial charge in [-0.2, -0.15) is 5.26 Å². The van der Waals surface area contributed by atoms with Crippen LogP contribution in [0.25, 0.3) is 0 Å². The summed E-state index contributed by atoms with van der Waals surface area (Å²) in [4.78, 5) is 0. The number of benzene rings is 2. The molecule has 0 radical (unpaired) electrons. The van der Waals surface area contributed by atoms with Crippen molar-refractivity contribution in [1.29, 1.82) is 5.26 Å². The van der Waals surface area contributed by atoms with Crippen LogP contribution >= 0.6 is 0 Å². The second kappa shape index (κ2) is 8.11. The molecule has 0 aliphatic carbocycles. The molecule has 126 valence electrons. The van der Waals surface area contributed by atoms with Crippen LogP contribution in [0.1, 0.15) is 17.0 Å². The van der Waals surface area contributed by atoms with Crippen molar-refractivity contribution in [2.75, 3.05) is 28.4 Å². The largest absolute Gasteiger partial charge is 0.493 e. The Balaban J connectivity index is 2.28. The van der Waals surface area contributed by atoms with E-state index < -0.39 is 0 Å². The number of nitrogens with zero attached hydrogens (tertiary/aromatic N) is 1. The number of methoxy groups -OCH3 is 4. The molecule has 2 rings (SSSR count). The molecule has 24 heavy (non-hydrogen) atoms. The predicted octanol–water partition coefficient (Wildman–Crippen LogP) is 3.57. The van der Waals surface area contributed by atoms with Crippen molar-refractivity contribution in [2.24, 2.45) is 0 Å². The average Bonchev–Trinajstić information content (AvgIpc) is 2.65. The summed E-state index contributed by atoms with van der Waals surface area (Å²) in [7, 11) is 6.36. The molecule has 0 aliphatic rings. The first kappa shape index (κ1) is 17.5. The predicted molar refractivity (Wildman–Crippen MR) is 91.2 cm³/mol. The van der Waals surface area contributed by atoms with Gasteiger partial charge in [-0.25, -0.2) is 0 Å². The molecule has 2 aromatic carbocycles. The van der Waals surface area contributed by atoms with E-state index in [1.54, 1.807) is 28.4 Å². The number of hydrogen-bond acceptors (Lipinski definition) is 5. The Hall–Kier alpha value is -2.87. The molecule has 0 heterocycles. The summed E-state index contributed by atoms with van der Waals surface area (Å²) in [6.07, 6.45) is 0.562. The zero-order valence-corrected chi connectivity index (χ0v) is 14.3. The molecule has 1 unspecified atom stereocenters. The SMILES string of the molecule is COc1ccc(CC(C#N)c2ccc(OC)c(OC)c2)cc1OC. The Bertz CT molecular complexity index is 737. The van der Waals surface area contributed by atoms with Crippen molar-refractivity contribution in [3.05, 3.63) is 47.5 Å². The summed E-state index contributed by atoms with van der Waals surface area (Å²) >= 11 is 0. The van der Waals surface area contributed by atoms with Gasteiger partial charge in [0.25, 0.3) is 0 Å². The van der Waals surface area contributed by atoms with Crippen LogP contribution in [-0.2, 0) is 6.42 Å². The first-order valence-corrected chi connectivity index (χ1v) is 7.49. The van der Waals surface area contributed by atoms with E-state index in [-0.39, 0.29) is 5.92 Å². The highest BCUT2D eigenvalue weighted by molar-refractivity contribution is 5.47. The van der Waals surface area contributed by atoms with E-state index in [2.05, 4.69) is 6.07 Å². The zero-order chi connectivity index (χ0) is 17.5. The van der Waals surface area contributed by atoms with Gasteiger partial charge < -0.3 is 18.9 Å². The van der Waals surface area contributed by atoms with Crippen molar-refractivity contribution < 1.29 is 18.9 Å². The van der Waals surface area contributed by atoms with Crippen LogP contribution in [0, 0.1) is 11.3 Å². The van der Waals surface area contributed by atoms with Crippen molar-refractivity contribution in [1.82, 2.24) is 0 Å². The maximum atomic E-state index is 9.58. The first-order chi connectivity index (χ1) is 11.7. The Morgan fingerprint density at radius 2 is 1.33 bits per heavy atom. The van der Waals surface area contributed by atoms with Crippen LogP contribution in [0.15, 0.2) is 36.4 Å². The van der Waals surface area contributed by atoms with E-state index in [1.807, 2.05) is 36.4 Å². The lowest BCUT2D eigenvalue weighted by Gasteiger charge is -2.14. The fourth-order valence-corrected chi connectivity index (χ4v) is 2.55. The van der Waals surface area contributed by atoms with E-state index in [4.69, 9.17) is 18.9 Å². The highest BCUT2D eigenvalue weighted by Crippen LogP contribution is 2.33. The summed E-state index contributed by atoms with van der Waals surface area (Å²) in [5.74, 6) is 2.27. The number of nitriles is 1. The van der Waals surface area contributed by atoms with Crippen LogP contribution in [-0.4, -0.2) is 28.4 Å². The lowest BCUT2D eigenvalue weighted by Crippen LogP contribution is -2.02. The third-order valence-corrected chi connectivity index (χ3v) is 3.85. The van der Waals surface area contributed by atoms with Gasteiger partial charge >= 0.3 is 0 Å². The van der Waals surface area contributed by atoms with Crippen LogP contribution in [0.3, 0.4) is 0 Å². The first-order valence-electron chi connectivity index (χ1n) is 7.49. The fourth-order valence-electron chi connectivity index (χ4n) is 2.55. The molecular formula is C19H21NO4. The highest BCUT2D eigenvalue weighted by atomic mass is 16.5. The lowest BCUT2D eigenvalue weighted by atomic mass is 9.93. The normalized spacial score (nSPS) is 11.3. The van der Waals surface area contributed by atoms with Crippen LogP contribution in [0.2, 0.25) is 0 Å². The molecule has 2 aromatic rings. The number of ether oxygens (including phenoxy) is 4. The van der Waals surface area contributed by atoms with Gasteiger partial charge in [-0.1, -0.05) is 12.1 Å². The summed E-state index contributed by atoms with van der Waals surface area (Å²) < 4.78 is 21.1. The molecule has 0 spiro atoms. The minimum atomic E-state index is -0.303.